The van der Waals surface area contributed by atoms with Gasteiger partial charge in [0.25, 0.3) is 0 Å². The number of hydrogen-bond acceptors (Lipinski definition) is 5. The van der Waals surface area contributed by atoms with Crippen LogP contribution in [0.4, 0.5) is 5.69 Å². The molecule has 138 valence electrons. The first-order chi connectivity index (χ1) is 13.0. The van der Waals surface area contributed by atoms with E-state index in [0.717, 1.165) is 28.3 Å². The predicted molar refractivity (Wildman–Crippen MR) is 109 cm³/mol. The molecule has 0 saturated carbocycles. The molecule has 1 amide bonds. The van der Waals surface area contributed by atoms with E-state index in [1.54, 1.807) is 7.11 Å². The SMILES string of the molecule is COc1cccc(-c2ccc(SCC(=O)Nc3ccc(C)cc3C)nn2)c1. The van der Waals surface area contributed by atoms with Crippen molar-refractivity contribution in [3.05, 3.63) is 65.7 Å². The van der Waals surface area contributed by atoms with E-state index in [9.17, 15) is 4.79 Å². The number of methoxy groups -OCH3 is 1. The number of nitrogens with zero attached hydrogens (tertiary/aromatic N) is 2. The summed E-state index contributed by atoms with van der Waals surface area (Å²) in [5.41, 5.74) is 4.76. The second-order valence-electron chi connectivity index (χ2n) is 6.14. The Morgan fingerprint density at radius 3 is 2.63 bits per heavy atom. The smallest absolute Gasteiger partial charge is 0.234 e. The van der Waals surface area contributed by atoms with Gasteiger partial charge in [0.15, 0.2) is 0 Å². The third kappa shape index (κ3) is 5.08. The average molecular weight is 379 g/mol. The van der Waals surface area contributed by atoms with Crippen molar-refractivity contribution < 1.29 is 9.53 Å². The van der Waals surface area contributed by atoms with Crippen LogP contribution < -0.4 is 10.1 Å². The maximum atomic E-state index is 12.2. The van der Waals surface area contributed by atoms with Crippen molar-refractivity contribution >= 4 is 23.4 Å². The summed E-state index contributed by atoms with van der Waals surface area (Å²) >= 11 is 1.36. The molecule has 0 bridgehead atoms. The van der Waals surface area contributed by atoms with E-state index < -0.39 is 0 Å². The lowest BCUT2D eigenvalue weighted by molar-refractivity contribution is -0.113. The average Bonchev–Trinajstić information content (AvgIpc) is 2.69. The first-order valence-corrected chi connectivity index (χ1v) is 9.52. The van der Waals surface area contributed by atoms with Crippen molar-refractivity contribution in [2.75, 3.05) is 18.2 Å². The zero-order valence-corrected chi connectivity index (χ0v) is 16.3. The fourth-order valence-electron chi connectivity index (χ4n) is 2.61. The topological polar surface area (TPSA) is 64.1 Å². The summed E-state index contributed by atoms with van der Waals surface area (Å²) in [6.07, 6.45) is 0. The van der Waals surface area contributed by atoms with Crippen LogP contribution in [0.3, 0.4) is 0 Å². The highest BCUT2D eigenvalue weighted by molar-refractivity contribution is 7.99. The third-order valence-corrected chi connectivity index (χ3v) is 4.93. The number of thioether (sulfide) groups is 1. The van der Waals surface area contributed by atoms with E-state index in [1.807, 2.05) is 68.4 Å². The number of ether oxygens (including phenoxy) is 1. The van der Waals surface area contributed by atoms with Gasteiger partial charge in [-0.2, -0.15) is 0 Å². The summed E-state index contributed by atoms with van der Waals surface area (Å²) in [5, 5.41) is 12.1. The number of hydrogen-bond donors (Lipinski definition) is 1. The standard InChI is InChI=1S/C21H21N3O2S/c1-14-7-8-18(15(2)11-14)22-20(25)13-27-21-10-9-19(23-24-21)16-5-4-6-17(12-16)26-3/h4-12H,13H2,1-3H3,(H,22,25). The maximum Gasteiger partial charge on any atom is 0.234 e. The highest BCUT2D eigenvalue weighted by Gasteiger charge is 2.08. The normalized spacial score (nSPS) is 10.5. The number of aryl methyl sites for hydroxylation is 2. The Hall–Kier alpha value is -2.86. The lowest BCUT2D eigenvalue weighted by Crippen LogP contribution is -2.15. The van der Waals surface area contributed by atoms with Crippen LogP contribution in [-0.2, 0) is 4.79 Å². The molecule has 0 atom stereocenters. The van der Waals surface area contributed by atoms with Crippen molar-refractivity contribution in [2.24, 2.45) is 0 Å². The quantitative estimate of drug-likeness (QED) is 0.639. The van der Waals surface area contributed by atoms with E-state index in [0.29, 0.717) is 5.03 Å². The molecule has 1 N–H and O–H groups in total. The Bertz CT molecular complexity index is 942. The van der Waals surface area contributed by atoms with Gasteiger partial charge < -0.3 is 10.1 Å². The number of carbonyl (C=O) groups is 1. The second-order valence-corrected chi connectivity index (χ2v) is 7.14. The lowest BCUT2D eigenvalue weighted by Gasteiger charge is -2.09. The van der Waals surface area contributed by atoms with Gasteiger partial charge in [-0.3, -0.25) is 4.79 Å². The van der Waals surface area contributed by atoms with Gasteiger partial charge in [0, 0.05) is 11.3 Å². The monoisotopic (exact) mass is 379 g/mol. The molecule has 0 unspecified atom stereocenters. The van der Waals surface area contributed by atoms with E-state index in [4.69, 9.17) is 4.74 Å². The van der Waals surface area contributed by atoms with E-state index in [1.165, 1.54) is 17.3 Å². The molecule has 1 heterocycles. The van der Waals surface area contributed by atoms with Crippen molar-refractivity contribution in [2.45, 2.75) is 18.9 Å². The Balaban J connectivity index is 1.59. The van der Waals surface area contributed by atoms with Gasteiger partial charge in [0.1, 0.15) is 10.8 Å². The molecule has 0 aliphatic carbocycles. The van der Waals surface area contributed by atoms with Gasteiger partial charge in [0.05, 0.1) is 18.6 Å². The Labute approximate surface area is 163 Å². The minimum atomic E-state index is -0.0642. The van der Waals surface area contributed by atoms with Crippen molar-refractivity contribution in [1.29, 1.82) is 0 Å². The first-order valence-electron chi connectivity index (χ1n) is 8.53. The molecule has 27 heavy (non-hydrogen) atoms. The molecule has 2 aromatic carbocycles. The second kappa shape index (κ2) is 8.68. The maximum absolute atomic E-state index is 12.2. The van der Waals surface area contributed by atoms with Crippen LogP contribution in [0.25, 0.3) is 11.3 Å². The highest BCUT2D eigenvalue weighted by Crippen LogP contribution is 2.23. The Morgan fingerprint density at radius 1 is 1.07 bits per heavy atom. The van der Waals surface area contributed by atoms with E-state index >= 15 is 0 Å². The van der Waals surface area contributed by atoms with E-state index in [-0.39, 0.29) is 11.7 Å². The zero-order valence-electron chi connectivity index (χ0n) is 15.5. The van der Waals surface area contributed by atoms with Crippen LogP contribution in [0, 0.1) is 13.8 Å². The van der Waals surface area contributed by atoms with Crippen molar-refractivity contribution in [1.82, 2.24) is 10.2 Å². The molecule has 1 aromatic heterocycles. The summed E-state index contributed by atoms with van der Waals surface area (Å²) in [6.45, 7) is 4.01. The first kappa shape index (κ1) is 18.9. The lowest BCUT2D eigenvalue weighted by atomic mass is 10.1. The summed E-state index contributed by atoms with van der Waals surface area (Å²) in [7, 11) is 1.63. The molecule has 3 aromatic rings. The highest BCUT2D eigenvalue weighted by atomic mass is 32.2. The van der Waals surface area contributed by atoms with Gasteiger partial charge in [0.2, 0.25) is 5.91 Å². The van der Waals surface area contributed by atoms with E-state index in [2.05, 4.69) is 15.5 Å². The van der Waals surface area contributed by atoms with Gasteiger partial charge in [-0.05, 0) is 49.7 Å². The minimum absolute atomic E-state index is 0.0642. The predicted octanol–water partition coefficient (Wildman–Crippen LogP) is 4.50. The fraction of sp³-hybridized carbons (Fsp3) is 0.190. The van der Waals surface area contributed by atoms with Crippen LogP contribution in [0.5, 0.6) is 5.75 Å². The molecule has 0 saturated heterocycles. The van der Waals surface area contributed by atoms with Crippen LogP contribution in [0.1, 0.15) is 11.1 Å². The third-order valence-electron chi connectivity index (χ3n) is 4.01. The number of nitrogens with one attached hydrogen (secondary N) is 1. The molecule has 0 aliphatic rings. The molecule has 5 nitrogen and oxygen atoms in total. The van der Waals surface area contributed by atoms with Crippen LogP contribution in [0.2, 0.25) is 0 Å². The van der Waals surface area contributed by atoms with Crippen LogP contribution in [0.15, 0.2) is 59.6 Å². The van der Waals surface area contributed by atoms with Crippen LogP contribution >= 0.6 is 11.8 Å². The van der Waals surface area contributed by atoms with Gasteiger partial charge in [-0.25, -0.2) is 0 Å². The number of carbonyl (C=O) groups excluding carboxylic acids is 1. The summed E-state index contributed by atoms with van der Waals surface area (Å²) in [6, 6.07) is 17.4. The number of anilines is 1. The Morgan fingerprint density at radius 2 is 1.93 bits per heavy atom. The molecule has 0 fully saturated rings. The fourth-order valence-corrected chi connectivity index (χ4v) is 3.23. The number of benzene rings is 2. The van der Waals surface area contributed by atoms with Gasteiger partial charge in [-0.1, -0.05) is 41.6 Å². The van der Waals surface area contributed by atoms with Gasteiger partial charge >= 0.3 is 0 Å². The van der Waals surface area contributed by atoms with Crippen molar-refractivity contribution in [3.63, 3.8) is 0 Å². The molecular weight excluding hydrogens is 358 g/mol. The molecule has 0 radical (unpaired) electrons. The van der Waals surface area contributed by atoms with Crippen LogP contribution in [-0.4, -0.2) is 29.0 Å². The zero-order chi connectivity index (χ0) is 19.2. The van der Waals surface area contributed by atoms with Crippen molar-refractivity contribution in [3.8, 4) is 17.0 Å². The van der Waals surface area contributed by atoms with Gasteiger partial charge in [-0.15, -0.1) is 10.2 Å². The number of amides is 1. The molecule has 0 aliphatic heterocycles. The molecule has 0 spiro atoms. The molecular formula is C21H21N3O2S. The molecule has 3 rings (SSSR count). The number of rotatable bonds is 6. The Kier molecular flexibility index (Phi) is 6.08. The summed E-state index contributed by atoms with van der Waals surface area (Å²) < 4.78 is 5.23. The summed E-state index contributed by atoms with van der Waals surface area (Å²) in [5.74, 6) is 0.988. The number of aromatic nitrogens is 2. The largest absolute Gasteiger partial charge is 0.497 e. The summed E-state index contributed by atoms with van der Waals surface area (Å²) in [4.78, 5) is 12.2. The minimum Gasteiger partial charge on any atom is -0.497 e. The molecule has 6 heteroatoms.